The number of hydrogen-bond donors (Lipinski definition) is 1. The predicted molar refractivity (Wildman–Crippen MR) is 112 cm³/mol. The summed E-state index contributed by atoms with van der Waals surface area (Å²) in [6.07, 6.45) is 2.84. The molecule has 1 atom stereocenters. The van der Waals surface area contributed by atoms with Gasteiger partial charge in [-0.25, -0.2) is 8.42 Å². The van der Waals surface area contributed by atoms with Gasteiger partial charge in [0.25, 0.3) is 0 Å². The second-order valence-electron chi connectivity index (χ2n) is 5.99. The summed E-state index contributed by atoms with van der Waals surface area (Å²) in [6, 6.07) is 4.54. The van der Waals surface area contributed by atoms with Gasteiger partial charge in [0.1, 0.15) is 6.04 Å². The monoisotopic (exact) mass is 426 g/mol. The van der Waals surface area contributed by atoms with E-state index in [1.807, 2.05) is 26.0 Å². The highest BCUT2D eigenvalue weighted by Crippen LogP contribution is 2.28. The number of nitrogens with one attached hydrogen (secondary N) is 1. The zero-order chi connectivity index (χ0) is 20.2. The average molecular weight is 427 g/mol. The number of sulfonamides is 1. The van der Waals surface area contributed by atoms with E-state index in [1.165, 1.54) is 23.1 Å². The van der Waals surface area contributed by atoms with Crippen LogP contribution in [0, 0.1) is 13.8 Å². The van der Waals surface area contributed by atoms with E-state index < -0.39 is 22.0 Å². The van der Waals surface area contributed by atoms with Crippen LogP contribution < -0.4 is 9.62 Å². The van der Waals surface area contributed by atoms with Crippen LogP contribution in [0.5, 0.6) is 0 Å². The molecule has 0 saturated heterocycles. The van der Waals surface area contributed by atoms with Gasteiger partial charge in [-0.15, -0.1) is 16.8 Å². The number of amides is 1. The molecule has 0 aliphatic carbocycles. The van der Waals surface area contributed by atoms with E-state index in [2.05, 4.69) is 22.1 Å². The Morgan fingerprint density at radius 3 is 2.74 bits per heavy atom. The molecule has 0 unspecified atom stereocenters. The summed E-state index contributed by atoms with van der Waals surface area (Å²) >= 11 is 2.69. The van der Waals surface area contributed by atoms with Crippen molar-refractivity contribution < 1.29 is 13.2 Å². The first-order chi connectivity index (χ1) is 12.6. The quantitative estimate of drug-likeness (QED) is 0.396. The van der Waals surface area contributed by atoms with Gasteiger partial charge in [0.2, 0.25) is 21.1 Å². The fourth-order valence-corrected chi connectivity index (χ4v) is 5.14. The van der Waals surface area contributed by atoms with Gasteiger partial charge in [-0.3, -0.25) is 14.4 Å². The Bertz CT molecular complexity index is 941. The number of carbonyl (C=O) groups excluding carboxylic acids is 1. The molecule has 1 N–H and O–H groups in total. The molecule has 1 aromatic carbocycles. The minimum Gasteiger partial charge on any atom is -0.299 e. The smallest absolute Gasteiger partial charge is 0.249 e. The lowest BCUT2D eigenvalue weighted by Crippen LogP contribution is -2.45. The van der Waals surface area contributed by atoms with E-state index in [1.54, 1.807) is 19.1 Å². The number of benzene rings is 1. The number of nitrogens with zero attached hydrogens (tertiary/aromatic N) is 3. The second-order valence-corrected chi connectivity index (χ2v) is 10.1. The van der Waals surface area contributed by atoms with Crippen LogP contribution in [0.2, 0.25) is 0 Å². The molecule has 27 heavy (non-hydrogen) atoms. The normalized spacial score (nSPS) is 12.4. The van der Waals surface area contributed by atoms with Crippen molar-refractivity contribution in [3.63, 3.8) is 0 Å². The zero-order valence-corrected chi connectivity index (χ0v) is 18.0. The molecule has 1 amide bonds. The first-order valence-electron chi connectivity index (χ1n) is 8.08. The minimum atomic E-state index is -3.68. The summed E-state index contributed by atoms with van der Waals surface area (Å²) in [7, 11) is -3.68. The Morgan fingerprint density at radius 1 is 1.41 bits per heavy atom. The molecule has 10 heteroatoms. The first-order valence-corrected chi connectivity index (χ1v) is 11.7. The molecule has 0 radical (unpaired) electrons. The van der Waals surface area contributed by atoms with Gasteiger partial charge in [-0.1, -0.05) is 41.3 Å². The van der Waals surface area contributed by atoms with Crippen LogP contribution in [-0.4, -0.2) is 42.6 Å². The minimum absolute atomic E-state index is 0.327. The molecule has 1 heterocycles. The molecule has 146 valence electrons. The summed E-state index contributed by atoms with van der Waals surface area (Å²) in [6.45, 7) is 8.87. The van der Waals surface area contributed by atoms with Gasteiger partial charge >= 0.3 is 0 Å². The van der Waals surface area contributed by atoms with E-state index in [-0.39, 0.29) is 0 Å². The average Bonchev–Trinajstić information content (AvgIpc) is 3.02. The fourth-order valence-electron chi connectivity index (χ4n) is 2.40. The predicted octanol–water partition coefficient (Wildman–Crippen LogP) is 3.23. The molecule has 0 spiro atoms. The first kappa shape index (κ1) is 21.4. The fraction of sp³-hybridized carbons (Fsp3) is 0.353. The summed E-state index contributed by atoms with van der Waals surface area (Å²) in [4.78, 5) is 12.7. The standard InChI is InChI=1S/C17H22N4O3S3/c1-6-9-25-17-20-19-16(26-17)18-15(22)13(4)21(27(5,23)24)14-10-11(2)7-8-12(14)3/h6-8,10,13H,1,9H2,2-5H3,(H,18,19,22)/t13-/m0/s1. The van der Waals surface area contributed by atoms with Crippen molar-refractivity contribution in [2.24, 2.45) is 0 Å². The number of anilines is 2. The van der Waals surface area contributed by atoms with Gasteiger partial charge in [0.05, 0.1) is 11.9 Å². The maximum absolute atomic E-state index is 12.7. The van der Waals surface area contributed by atoms with Crippen LogP contribution >= 0.6 is 23.1 Å². The second kappa shape index (κ2) is 8.85. The molecular weight excluding hydrogens is 404 g/mol. The summed E-state index contributed by atoms with van der Waals surface area (Å²) in [5.41, 5.74) is 2.16. The highest BCUT2D eigenvalue weighted by molar-refractivity contribution is 8.01. The molecule has 0 saturated carbocycles. The Morgan fingerprint density at radius 2 is 2.11 bits per heavy atom. The molecule has 2 aromatic rings. The Hall–Kier alpha value is -1.91. The molecule has 2 rings (SSSR count). The van der Waals surface area contributed by atoms with Gasteiger partial charge in [-0.2, -0.15) is 0 Å². The highest BCUT2D eigenvalue weighted by atomic mass is 32.2. The van der Waals surface area contributed by atoms with Gasteiger partial charge < -0.3 is 0 Å². The number of rotatable bonds is 8. The topological polar surface area (TPSA) is 92.3 Å². The molecule has 0 bridgehead atoms. The summed E-state index contributed by atoms with van der Waals surface area (Å²) < 4.78 is 26.7. The lowest BCUT2D eigenvalue weighted by Gasteiger charge is -2.29. The molecule has 1 aromatic heterocycles. The Labute approximate surface area is 167 Å². The van der Waals surface area contributed by atoms with Gasteiger partial charge in [-0.05, 0) is 38.0 Å². The Kier molecular flexibility index (Phi) is 7.01. The van der Waals surface area contributed by atoms with Crippen molar-refractivity contribution in [1.82, 2.24) is 10.2 Å². The maximum Gasteiger partial charge on any atom is 0.249 e. The number of carbonyl (C=O) groups is 1. The van der Waals surface area contributed by atoms with Crippen molar-refractivity contribution in [3.8, 4) is 0 Å². The van der Waals surface area contributed by atoms with Crippen LogP contribution in [-0.2, 0) is 14.8 Å². The Balaban J connectivity index is 2.26. The van der Waals surface area contributed by atoms with Crippen LogP contribution in [0.4, 0.5) is 10.8 Å². The van der Waals surface area contributed by atoms with E-state index in [4.69, 9.17) is 0 Å². The third kappa shape index (κ3) is 5.53. The largest absolute Gasteiger partial charge is 0.299 e. The van der Waals surface area contributed by atoms with Crippen molar-refractivity contribution in [1.29, 1.82) is 0 Å². The highest BCUT2D eigenvalue weighted by Gasteiger charge is 2.30. The van der Waals surface area contributed by atoms with Crippen molar-refractivity contribution in [2.75, 3.05) is 21.6 Å². The molecule has 0 aliphatic rings. The number of thioether (sulfide) groups is 1. The van der Waals surface area contributed by atoms with E-state index in [0.717, 1.165) is 21.7 Å². The maximum atomic E-state index is 12.7. The van der Waals surface area contributed by atoms with Crippen LogP contribution in [0.15, 0.2) is 35.2 Å². The lowest BCUT2D eigenvalue weighted by atomic mass is 10.1. The van der Waals surface area contributed by atoms with Gasteiger partial charge in [0.15, 0.2) is 4.34 Å². The van der Waals surface area contributed by atoms with Crippen LogP contribution in [0.3, 0.4) is 0 Å². The molecule has 0 fully saturated rings. The zero-order valence-electron chi connectivity index (χ0n) is 15.6. The number of aryl methyl sites for hydroxylation is 2. The molecule has 0 aliphatic heterocycles. The third-order valence-corrected chi connectivity index (χ3v) is 6.85. The van der Waals surface area contributed by atoms with Crippen LogP contribution in [0.1, 0.15) is 18.1 Å². The van der Waals surface area contributed by atoms with Crippen molar-refractivity contribution in [2.45, 2.75) is 31.2 Å². The molecular formula is C17H22N4O3S3. The third-order valence-electron chi connectivity index (χ3n) is 3.65. The van der Waals surface area contributed by atoms with Crippen LogP contribution in [0.25, 0.3) is 0 Å². The number of aromatic nitrogens is 2. The summed E-state index contributed by atoms with van der Waals surface area (Å²) in [5.74, 6) is 0.214. The SMILES string of the molecule is C=CCSc1nnc(NC(=O)[C@H](C)N(c2cc(C)ccc2C)S(C)(=O)=O)s1. The van der Waals surface area contributed by atoms with E-state index in [9.17, 15) is 13.2 Å². The van der Waals surface area contributed by atoms with Gasteiger partial charge in [0, 0.05) is 5.75 Å². The van der Waals surface area contributed by atoms with Crippen molar-refractivity contribution >= 4 is 49.8 Å². The van der Waals surface area contributed by atoms with E-state index >= 15 is 0 Å². The summed E-state index contributed by atoms with van der Waals surface area (Å²) in [5, 5.41) is 10.9. The van der Waals surface area contributed by atoms with Crippen molar-refractivity contribution in [3.05, 3.63) is 42.0 Å². The van der Waals surface area contributed by atoms with E-state index in [0.29, 0.717) is 20.9 Å². The molecule has 7 nitrogen and oxygen atoms in total. The number of hydrogen-bond acceptors (Lipinski definition) is 7. The lowest BCUT2D eigenvalue weighted by molar-refractivity contribution is -0.116.